The van der Waals surface area contributed by atoms with E-state index in [9.17, 15) is 14.4 Å². The van der Waals surface area contributed by atoms with E-state index in [2.05, 4.69) is 19.8 Å². The Hall–Kier alpha value is -2.42. The van der Waals surface area contributed by atoms with Crippen LogP contribution in [0.3, 0.4) is 0 Å². The Kier molecular flexibility index (Phi) is 3.80. The number of aromatic nitrogens is 4. The van der Waals surface area contributed by atoms with Crippen LogP contribution in [-0.2, 0) is 16.0 Å². The minimum atomic E-state index is -0.718. The van der Waals surface area contributed by atoms with Crippen molar-refractivity contribution in [1.82, 2.24) is 19.7 Å². The van der Waals surface area contributed by atoms with Gasteiger partial charge in [-0.2, -0.15) is 5.10 Å². The number of rotatable bonds is 5. The quantitative estimate of drug-likeness (QED) is 0.736. The van der Waals surface area contributed by atoms with Crippen LogP contribution in [0.5, 0.6) is 0 Å². The second-order valence-electron chi connectivity index (χ2n) is 5.12. The van der Waals surface area contributed by atoms with Gasteiger partial charge in [0.1, 0.15) is 5.52 Å². The summed E-state index contributed by atoms with van der Waals surface area (Å²) >= 11 is 0. The summed E-state index contributed by atoms with van der Waals surface area (Å²) in [6.45, 7) is 0.680. The smallest absolute Gasteiger partial charge is 0.360 e. The van der Waals surface area contributed by atoms with Gasteiger partial charge in [-0.05, 0) is 19.3 Å². The molecule has 118 valence electrons. The third kappa shape index (κ3) is 2.54. The minimum absolute atomic E-state index is 0.0734. The molecule has 1 aliphatic rings. The van der Waals surface area contributed by atoms with Crippen LogP contribution in [0.15, 0.2) is 9.59 Å². The third-order valence-electron chi connectivity index (χ3n) is 3.72. The van der Waals surface area contributed by atoms with Gasteiger partial charge in [0.15, 0.2) is 11.2 Å². The molecule has 0 radical (unpaired) electrons. The summed E-state index contributed by atoms with van der Waals surface area (Å²) in [6, 6.07) is 0. The van der Waals surface area contributed by atoms with E-state index in [1.165, 1.54) is 18.2 Å². The van der Waals surface area contributed by atoms with Crippen LogP contribution in [0.2, 0.25) is 0 Å². The zero-order chi connectivity index (χ0) is 15.7. The van der Waals surface area contributed by atoms with Crippen LogP contribution in [0.25, 0.3) is 11.0 Å². The van der Waals surface area contributed by atoms with Gasteiger partial charge in [0.2, 0.25) is 0 Å². The van der Waals surface area contributed by atoms with Gasteiger partial charge < -0.3 is 14.5 Å². The predicted molar refractivity (Wildman–Crippen MR) is 75.9 cm³/mol. The Labute approximate surface area is 124 Å². The van der Waals surface area contributed by atoms with Crippen molar-refractivity contribution in [3.8, 4) is 0 Å². The SMILES string of the molecule is COC(=O)c1nn(CCOC2CCC2)c2c(=O)[nH]c(=O)[nH]c12. The fraction of sp³-hybridized carbons (Fsp3) is 0.538. The van der Waals surface area contributed by atoms with E-state index in [1.54, 1.807) is 0 Å². The third-order valence-corrected chi connectivity index (χ3v) is 3.72. The molecule has 0 unspecified atom stereocenters. The van der Waals surface area contributed by atoms with Crippen molar-refractivity contribution in [3.63, 3.8) is 0 Å². The molecule has 9 heteroatoms. The van der Waals surface area contributed by atoms with Gasteiger partial charge in [-0.3, -0.25) is 14.5 Å². The highest BCUT2D eigenvalue weighted by Crippen LogP contribution is 2.21. The lowest BCUT2D eigenvalue weighted by Crippen LogP contribution is -2.26. The molecule has 2 N–H and O–H groups in total. The summed E-state index contributed by atoms with van der Waals surface area (Å²) in [5.41, 5.74) is -1.20. The van der Waals surface area contributed by atoms with Crippen LogP contribution in [0.1, 0.15) is 29.8 Å². The number of methoxy groups -OCH3 is 1. The molecule has 0 aromatic carbocycles. The Morgan fingerprint density at radius 2 is 2.14 bits per heavy atom. The van der Waals surface area contributed by atoms with Crippen LogP contribution in [0, 0.1) is 0 Å². The molecule has 1 aliphatic carbocycles. The van der Waals surface area contributed by atoms with Gasteiger partial charge in [0, 0.05) is 0 Å². The summed E-state index contributed by atoms with van der Waals surface area (Å²) in [4.78, 5) is 39.7. The van der Waals surface area contributed by atoms with Gasteiger partial charge in [-0.25, -0.2) is 9.59 Å². The van der Waals surface area contributed by atoms with Crippen LogP contribution in [-0.4, -0.2) is 45.5 Å². The van der Waals surface area contributed by atoms with Gasteiger partial charge >= 0.3 is 11.7 Å². The Morgan fingerprint density at radius 3 is 2.77 bits per heavy atom. The summed E-state index contributed by atoms with van der Waals surface area (Å²) < 4.78 is 11.6. The average molecular weight is 308 g/mol. The number of carbonyl (C=O) groups excluding carboxylic acids is 1. The normalized spacial score (nSPS) is 15.0. The Balaban J connectivity index is 1.96. The lowest BCUT2D eigenvalue weighted by Gasteiger charge is -2.25. The molecule has 0 aliphatic heterocycles. The van der Waals surface area contributed by atoms with Crippen LogP contribution < -0.4 is 11.2 Å². The van der Waals surface area contributed by atoms with Crippen molar-refractivity contribution in [2.24, 2.45) is 0 Å². The average Bonchev–Trinajstić information content (AvgIpc) is 2.79. The van der Waals surface area contributed by atoms with E-state index in [1.807, 2.05) is 0 Å². The molecule has 1 saturated carbocycles. The molecule has 0 spiro atoms. The van der Waals surface area contributed by atoms with Crippen molar-refractivity contribution in [3.05, 3.63) is 26.5 Å². The van der Waals surface area contributed by atoms with E-state index >= 15 is 0 Å². The van der Waals surface area contributed by atoms with E-state index in [0.29, 0.717) is 13.2 Å². The van der Waals surface area contributed by atoms with Gasteiger partial charge in [0.05, 0.1) is 26.4 Å². The first-order valence-corrected chi connectivity index (χ1v) is 7.03. The predicted octanol–water partition coefficient (Wildman–Crippen LogP) is -0.231. The minimum Gasteiger partial charge on any atom is -0.464 e. The number of esters is 1. The maximum atomic E-state index is 12.0. The van der Waals surface area contributed by atoms with Gasteiger partial charge in [-0.15, -0.1) is 0 Å². The molecular formula is C13H16N4O5. The summed E-state index contributed by atoms with van der Waals surface area (Å²) in [6.07, 6.45) is 3.52. The number of hydrogen-bond donors (Lipinski definition) is 2. The van der Waals surface area contributed by atoms with Crippen molar-refractivity contribution < 1.29 is 14.3 Å². The largest absolute Gasteiger partial charge is 0.464 e. The first kappa shape index (κ1) is 14.5. The number of nitrogens with zero attached hydrogens (tertiary/aromatic N) is 2. The monoisotopic (exact) mass is 308 g/mol. The van der Waals surface area contributed by atoms with E-state index in [-0.39, 0.29) is 22.8 Å². The van der Waals surface area contributed by atoms with Gasteiger partial charge in [0.25, 0.3) is 5.56 Å². The van der Waals surface area contributed by atoms with Crippen LogP contribution >= 0.6 is 0 Å². The number of nitrogens with one attached hydrogen (secondary N) is 2. The molecule has 2 heterocycles. The second-order valence-corrected chi connectivity index (χ2v) is 5.12. The van der Waals surface area contributed by atoms with Crippen molar-refractivity contribution in [2.45, 2.75) is 31.9 Å². The summed E-state index contributed by atoms with van der Waals surface area (Å²) in [5.74, 6) is -0.718. The highest BCUT2D eigenvalue weighted by Gasteiger charge is 2.22. The first-order valence-electron chi connectivity index (χ1n) is 7.03. The van der Waals surface area contributed by atoms with Crippen molar-refractivity contribution >= 4 is 17.0 Å². The molecule has 2 aromatic rings. The molecular weight excluding hydrogens is 292 g/mol. The number of fused-ring (bicyclic) bond motifs is 1. The number of carbonyl (C=O) groups is 1. The van der Waals surface area contributed by atoms with Gasteiger partial charge in [-0.1, -0.05) is 0 Å². The number of hydrogen-bond acceptors (Lipinski definition) is 6. The van der Waals surface area contributed by atoms with Crippen molar-refractivity contribution in [1.29, 1.82) is 0 Å². The van der Waals surface area contributed by atoms with E-state index in [4.69, 9.17) is 4.74 Å². The number of aromatic amines is 2. The van der Waals surface area contributed by atoms with E-state index < -0.39 is 17.2 Å². The summed E-state index contributed by atoms with van der Waals surface area (Å²) in [5, 5.41) is 4.07. The number of H-pyrrole nitrogens is 2. The van der Waals surface area contributed by atoms with E-state index in [0.717, 1.165) is 12.8 Å². The fourth-order valence-corrected chi connectivity index (χ4v) is 2.36. The molecule has 0 atom stereocenters. The number of ether oxygens (including phenoxy) is 2. The lowest BCUT2D eigenvalue weighted by atomic mass is 9.96. The standard InChI is InChI=1S/C13H16N4O5/c1-21-12(19)9-8-10(11(18)15-13(20)14-8)17(16-9)5-6-22-7-3-2-4-7/h7H,2-6H2,1H3,(H2,14,15,18,20). The summed E-state index contributed by atoms with van der Waals surface area (Å²) in [7, 11) is 1.21. The Bertz CT molecular complexity index is 814. The molecule has 9 nitrogen and oxygen atoms in total. The highest BCUT2D eigenvalue weighted by molar-refractivity contribution is 5.99. The Morgan fingerprint density at radius 1 is 1.36 bits per heavy atom. The first-order chi connectivity index (χ1) is 10.6. The zero-order valence-corrected chi connectivity index (χ0v) is 12.0. The highest BCUT2D eigenvalue weighted by atomic mass is 16.5. The van der Waals surface area contributed by atoms with Crippen LogP contribution in [0.4, 0.5) is 0 Å². The maximum absolute atomic E-state index is 12.0. The second kappa shape index (κ2) is 5.76. The topological polar surface area (TPSA) is 119 Å². The molecule has 3 rings (SSSR count). The molecule has 0 bridgehead atoms. The van der Waals surface area contributed by atoms with Crippen molar-refractivity contribution in [2.75, 3.05) is 13.7 Å². The molecule has 22 heavy (non-hydrogen) atoms. The molecule has 0 saturated heterocycles. The lowest BCUT2D eigenvalue weighted by molar-refractivity contribution is -0.00205. The molecule has 0 amide bonds. The zero-order valence-electron chi connectivity index (χ0n) is 12.0. The molecule has 2 aromatic heterocycles. The maximum Gasteiger partial charge on any atom is 0.360 e. The molecule has 1 fully saturated rings. The fourth-order valence-electron chi connectivity index (χ4n) is 2.36.